The summed E-state index contributed by atoms with van der Waals surface area (Å²) < 4.78 is 5.44. The van der Waals surface area contributed by atoms with Crippen molar-refractivity contribution in [1.29, 1.82) is 0 Å². The van der Waals surface area contributed by atoms with E-state index in [-0.39, 0.29) is 0 Å². The molecule has 14 heavy (non-hydrogen) atoms. The van der Waals surface area contributed by atoms with Crippen molar-refractivity contribution in [1.82, 2.24) is 0 Å². The second kappa shape index (κ2) is 5.28. The zero-order valence-corrected chi connectivity index (χ0v) is 9.69. The average Bonchev–Trinajstić information content (AvgIpc) is 2.14. The molecule has 0 amide bonds. The monoisotopic (exact) mass is 230 g/mol. The molecule has 3 heteroatoms. The Labute approximate surface area is 94.3 Å². The molecule has 0 fully saturated rings. The number of hydrogen-bond donors (Lipinski definition) is 0. The third-order valence-corrected chi connectivity index (χ3v) is 2.49. The highest BCUT2D eigenvalue weighted by molar-refractivity contribution is 6.35. The van der Waals surface area contributed by atoms with E-state index < -0.39 is 0 Å². The minimum Gasteiger partial charge on any atom is -0.488 e. The summed E-state index contributed by atoms with van der Waals surface area (Å²) in [5.41, 5.74) is 0.964. The summed E-state index contributed by atoms with van der Waals surface area (Å²) in [4.78, 5) is 0. The van der Waals surface area contributed by atoms with Crippen LogP contribution in [0, 0.1) is 6.92 Å². The summed E-state index contributed by atoms with van der Waals surface area (Å²) in [5, 5.41) is 1.21. The van der Waals surface area contributed by atoms with E-state index in [1.165, 1.54) is 0 Å². The van der Waals surface area contributed by atoms with Crippen LogP contribution in [0.5, 0.6) is 5.75 Å². The number of rotatable bonds is 3. The van der Waals surface area contributed by atoms with Gasteiger partial charge in [0.25, 0.3) is 0 Å². The largest absolute Gasteiger partial charge is 0.488 e. The fourth-order valence-electron chi connectivity index (χ4n) is 0.975. The Hall–Kier alpha value is -0.660. The Morgan fingerprint density at radius 1 is 1.29 bits per heavy atom. The fraction of sp³-hybridized carbons (Fsp3) is 0.273. The van der Waals surface area contributed by atoms with Gasteiger partial charge >= 0.3 is 0 Å². The number of halogens is 2. The van der Waals surface area contributed by atoms with Crippen molar-refractivity contribution in [3.63, 3.8) is 0 Å². The highest BCUT2D eigenvalue weighted by Gasteiger charge is 2.04. The van der Waals surface area contributed by atoms with Crippen LogP contribution < -0.4 is 4.74 Å². The molecule has 0 N–H and O–H groups in total. The molecule has 0 radical (unpaired) electrons. The summed E-state index contributed by atoms with van der Waals surface area (Å²) in [6.07, 6.45) is 3.84. The van der Waals surface area contributed by atoms with Gasteiger partial charge in [-0.2, -0.15) is 0 Å². The van der Waals surface area contributed by atoms with Crippen molar-refractivity contribution in [2.45, 2.75) is 13.8 Å². The maximum absolute atomic E-state index is 5.95. The second-order valence-corrected chi connectivity index (χ2v) is 3.73. The molecular weight excluding hydrogens is 219 g/mol. The van der Waals surface area contributed by atoms with Crippen LogP contribution in [0.1, 0.15) is 12.5 Å². The SMILES string of the molecule is CC=CCOc1cc(C)c(Cl)cc1Cl. The lowest BCUT2D eigenvalue weighted by molar-refractivity contribution is 0.362. The van der Waals surface area contributed by atoms with Gasteiger partial charge < -0.3 is 4.74 Å². The standard InChI is InChI=1S/C11H12Cl2O/c1-3-4-5-14-11-6-8(2)9(12)7-10(11)13/h3-4,6-7H,5H2,1-2H3. The first-order valence-electron chi connectivity index (χ1n) is 4.34. The van der Waals surface area contributed by atoms with Crippen LogP contribution in [0.15, 0.2) is 24.3 Å². The Kier molecular flexibility index (Phi) is 4.30. The zero-order valence-electron chi connectivity index (χ0n) is 8.18. The third-order valence-electron chi connectivity index (χ3n) is 1.78. The van der Waals surface area contributed by atoms with E-state index in [2.05, 4.69) is 0 Å². The maximum atomic E-state index is 5.95. The maximum Gasteiger partial charge on any atom is 0.138 e. The summed E-state index contributed by atoms with van der Waals surface area (Å²) >= 11 is 11.8. The molecule has 0 aromatic heterocycles. The number of benzene rings is 1. The van der Waals surface area contributed by atoms with E-state index in [4.69, 9.17) is 27.9 Å². The second-order valence-electron chi connectivity index (χ2n) is 2.91. The number of aryl methyl sites for hydroxylation is 1. The van der Waals surface area contributed by atoms with Gasteiger partial charge in [0.05, 0.1) is 5.02 Å². The van der Waals surface area contributed by atoms with Gasteiger partial charge in [0, 0.05) is 5.02 Å². The topological polar surface area (TPSA) is 9.23 Å². The van der Waals surface area contributed by atoms with Crippen molar-refractivity contribution in [2.24, 2.45) is 0 Å². The average molecular weight is 231 g/mol. The first kappa shape index (κ1) is 11.4. The normalized spacial score (nSPS) is 10.9. The van der Waals surface area contributed by atoms with Crippen LogP contribution in [0.3, 0.4) is 0 Å². The summed E-state index contributed by atoms with van der Waals surface area (Å²) in [7, 11) is 0. The van der Waals surface area contributed by atoms with Gasteiger partial charge in [0.15, 0.2) is 0 Å². The Morgan fingerprint density at radius 2 is 2.00 bits per heavy atom. The molecule has 1 rings (SSSR count). The molecule has 0 aliphatic rings. The van der Waals surface area contributed by atoms with E-state index in [0.29, 0.717) is 22.4 Å². The molecule has 1 aromatic carbocycles. The van der Waals surface area contributed by atoms with E-state index >= 15 is 0 Å². The van der Waals surface area contributed by atoms with Gasteiger partial charge in [-0.05, 0) is 31.5 Å². The molecule has 0 aliphatic heterocycles. The van der Waals surface area contributed by atoms with Gasteiger partial charge in [-0.25, -0.2) is 0 Å². The van der Waals surface area contributed by atoms with Crippen LogP contribution in [-0.2, 0) is 0 Å². The van der Waals surface area contributed by atoms with E-state index in [9.17, 15) is 0 Å². The van der Waals surface area contributed by atoms with Crippen molar-refractivity contribution >= 4 is 23.2 Å². The number of hydrogen-bond acceptors (Lipinski definition) is 1. The zero-order chi connectivity index (χ0) is 10.6. The summed E-state index contributed by atoms with van der Waals surface area (Å²) in [5.74, 6) is 0.673. The van der Waals surface area contributed by atoms with Gasteiger partial charge in [-0.1, -0.05) is 35.4 Å². The van der Waals surface area contributed by atoms with Gasteiger partial charge in [0.1, 0.15) is 12.4 Å². The predicted molar refractivity (Wildman–Crippen MR) is 61.5 cm³/mol. The smallest absolute Gasteiger partial charge is 0.138 e. The minimum absolute atomic E-state index is 0.525. The molecule has 1 aromatic rings. The van der Waals surface area contributed by atoms with Crippen LogP contribution in [0.25, 0.3) is 0 Å². The highest BCUT2D eigenvalue weighted by atomic mass is 35.5. The quantitative estimate of drug-likeness (QED) is 0.706. The van der Waals surface area contributed by atoms with Crippen molar-refractivity contribution < 1.29 is 4.74 Å². The van der Waals surface area contributed by atoms with Crippen LogP contribution >= 0.6 is 23.2 Å². The van der Waals surface area contributed by atoms with Crippen LogP contribution in [0.4, 0.5) is 0 Å². The van der Waals surface area contributed by atoms with Gasteiger partial charge in [-0.3, -0.25) is 0 Å². The van der Waals surface area contributed by atoms with Crippen LogP contribution in [-0.4, -0.2) is 6.61 Å². The summed E-state index contributed by atoms with van der Waals surface area (Å²) in [6.45, 7) is 4.39. The van der Waals surface area contributed by atoms with Crippen molar-refractivity contribution in [3.05, 3.63) is 39.9 Å². The minimum atomic E-state index is 0.525. The first-order valence-corrected chi connectivity index (χ1v) is 5.10. The lowest BCUT2D eigenvalue weighted by atomic mass is 10.2. The van der Waals surface area contributed by atoms with Crippen molar-refractivity contribution in [3.8, 4) is 5.75 Å². The number of allylic oxidation sites excluding steroid dienone is 1. The van der Waals surface area contributed by atoms with E-state index in [1.54, 1.807) is 6.07 Å². The van der Waals surface area contributed by atoms with Crippen molar-refractivity contribution in [2.75, 3.05) is 6.61 Å². The highest BCUT2D eigenvalue weighted by Crippen LogP contribution is 2.30. The lowest BCUT2D eigenvalue weighted by Gasteiger charge is -2.07. The number of ether oxygens (including phenoxy) is 1. The Bertz CT molecular complexity index is 345. The molecule has 0 bridgehead atoms. The molecule has 0 heterocycles. The molecule has 0 atom stereocenters. The van der Waals surface area contributed by atoms with Gasteiger partial charge in [0.2, 0.25) is 0 Å². The van der Waals surface area contributed by atoms with Gasteiger partial charge in [-0.15, -0.1) is 0 Å². The summed E-state index contributed by atoms with van der Waals surface area (Å²) in [6, 6.07) is 3.54. The first-order chi connectivity index (χ1) is 6.65. The third kappa shape index (κ3) is 2.93. The molecule has 0 spiro atoms. The molecule has 0 aliphatic carbocycles. The predicted octanol–water partition coefficient (Wildman–Crippen LogP) is 4.26. The molecule has 0 unspecified atom stereocenters. The fourth-order valence-corrected chi connectivity index (χ4v) is 1.41. The lowest BCUT2D eigenvalue weighted by Crippen LogP contribution is -1.94. The molecule has 1 nitrogen and oxygen atoms in total. The molecular formula is C11H12Cl2O. The van der Waals surface area contributed by atoms with E-state index in [1.807, 2.05) is 32.1 Å². The Balaban J connectivity index is 2.81. The Morgan fingerprint density at radius 3 is 2.64 bits per heavy atom. The van der Waals surface area contributed by atoms with Crippen LogP contribution in [0.2, 0.25) is 10.0 Å². The molecule has 0 saturated heterocycles. The molecule has 0 saturated carbocycles. The van der Waals surface area contributed by atoms with E-state index in [0.717, 1.165) is 5.56 Å². The molecule has 76 valence electrons.